The monoisotopic (exact) mass is 632 g/mol. The van der Waals surface area contributed by atoms with E-state index in [4.69, 9.17) is 9.47 Å². The maximum absolute atomic E-state index is 13.8. The third kappa shape index (κ3) is 11.8. The SMILES string of the molecule is C[C@@H](OC(C)(C)C)[C@H](NC(=O)OCc1ccccc1)C(=O)N[C@@H](CC1CCCCC1)C(=O)N[C@@H](C[C@@H]1CCNC1=O)C(=O)S. The summed E-state index contributed by atoms with van der Waals surface area (Å²) in [6, 6.07) is 6.01. The Morgan fingerprint density at radius 1 is 0.932 bits per heavy atom. The van der Waals surface area contributed by atoms with Crippen LogP contribution in [-0.2, 0) is 35.3 Å². The molecule has 1 aromatic rings. The quantitative estimate of drug-likeness (QED) is 0.197. The number of nitrogens with one attached hydrogen (secondary N) is 4. The van der Waals surface area contributed by atoms with Crippen LogP contribution in [0.15, 0.2) is 30.3 Å². The lowest BCUT2D eigenvalue weighted by Crippen LogP contribution is -2.59. The Morgan fingerprint density at radius 3 is 2.18 bits per heavy atom. The molecule has 1 aromatic carbocycles. The van der Waals surface area contributed by atoms with Crippen LogP contribution in [0.3, 0.4) is 0 Å². The highest BCUT2D eigenvalue weighted by Gasteiger charge is 2.36. The highest BCUT2D eigenvalue weighted by atomic mass is 32.1. The van der Waals surface area contributed by atoms with Crippen molar-refractivity contribution in [1.82, 2.24) is 21.3 Å². The number of alkyl carbamates (subject to hydrolysis) is 1. The van der Waals surface area contributed by atoms with Gasteiger partial charge in [-0.2, -0.15) is 0 Å². The lowest BCUT2D eigenvalue weighted by Gasteiger charge is -2.32. The minimum atomic E-state index is -1.18. The van der Waals surface area contributed by atoms with Crippen LogP contribution in [0.1, 0.15) is 84.6 Å². The van der Waals surface area contributed by atoms with E-state index in [1.807, 2.05) is 51.1 Å². The predicted octanol–water partition coefficient (Wildman–Crippen LogP) is 3.41. The molecule has 3 rings (SSSR count). The summed E-state index contributed by atoms with van der Waals surface area (Å²) < 4.78 is 11.4. The molecule has 4 N–H and O–H groups in total. The molecule has 1 saturated heterocycles. The van der Waals surface area contributed by atoms with Crippen LogP contribution in [0.25, 0.3) is 0 Å². The molecule has 2 fully saturated rings. The van der Waals surface area contributed by atoms with Gasteiger partial charge < -0.3 is 30.7 Å². The zero-order chi connectivity index (χ0) is 32.3. The third-order valence-corrected chi connectivity index (χ3v) is 8.31. The normalized spacial score (nSPS) is 20.0. The van der Waals surface area contributed by atoms with Gasteiger partial charge in [0.25, 0.3) is 0 Å². The number of carbonyl (C=O) groups excluding carboxylic acids is 5. The van der Waals surface area contributed by atoms with Gasteiger partial charge >= 0.3 is 6.09 Å². The smallest absolute Gasteiger partial charge is 0.408 e. The van der Waals surface area contributed by atoms with E-state index in [-0.39, 0.29) is 24.9 Å². The summed E-state index contributed by atoms with van der Waals surface area (Å²) in [5.74, 6) is -1.51. The molecule has 1 aliphatic heterocycles. The average molecular weight is 633 g/mol. The van der Waals surface area contributed by atoms with Crippen molar-refractivity contribution in [2.24, 2.45) is 11.8 Å². The molecule has 4 amide bonds. The minimum Gasteiger partial charge on any atom is -0.445 e. The molecule has 11 nitrogen and oxygen atoms in total. The number of hydrogen-bond donors (Lipinski definition) is 5. The Hall–Kier alpha value is -3.12. The molecule has 12 heteroatoms. The Kier molecular flexibility index (Phi) is 13.5. The number of rotatable bonds is 14. The molecule has 0 aromatic heterocycles. The summed E-state index contributed by atoms with van der Waals surface area (Å²) in [4.78, 5) is 64.8. The summed E-state index contributed by atoms with van der Waals surface area (Å²) in [7, 11) is 0. The second-order valence-corrected chi connectivity index (χ2v) is 13.3. The first-order chi connectivity index (χ1) is 20.8. The van der Waals surface area contributed by atoms with Gasteiger partial charge in [0.15, 0.2) is 0 Å². The Labute approximate surface area is 265 Å². The fraction of sp³-hybridized carbons (Fsp3) is 0.656. The molecule has 1 heterocycles. The molecule has 2 aliphatic rings. The summed E-state index contributed by atoms with van der Waals surface area (Å²) >= 11 is 3.97. The van der Waals surface area contributed by atoms with E-state index in [1.54, 1.807) is 6.92 Å². The van der Waals surface area contributed by atoms with E-state index in [2.05, 4.69) is 33.9 Å². The minimum absolute atomic E-state index is 0.0143. The second-order valence-electron chi connectivity index (χ2n) is 12.8. The summed E-state index contributed by atoms with van der Waals surface area (Å²) in [5, 5.41) is 10.4. The van der Waals surface area contributed by atoms with Crippen molar-refractivity contribution in [2.75, 3.05) is 6.54 Å². The first kappa shape index (κ1) is 35.4. The summed E-state index contributed by atoms with van der Waals surface area (Å²) in [5.41, 5.74) is 0.161. The molecule has 0 unspecified atom stereocenters. The van der Waals surface area contributed by atoms with Crippen molar-refractivity contribution in [3.8, 4) is 0 Å². The first-order valence-corrected chi connectivity index (χ1v) is 16.0. The van der Waals surface area contributed by atoms with Gasteiger partial charge in [-0.1, -0.05) is 62.4 Å². The lowest BCUT2D eigenvalue weighted by atomic mass is 9.84. The molecule has 1 aliphatic carbocycles. The Morgan fingerprint density at radius 2 is 1.59 bits per heavy atom. The van der Waals surface area contributed by atoms with Gasteiger partial charge in [-0.15, -0.1) is 12.6 Å². The van der Waals surface area contributed by atoms with Crippen LogP contribution in [0, 0.1) is 11.8 Å². The van der Waals surface area contributed by atoms with Gasteiger partial charge in [-0.25, -0.2) is 4.79 Å². The lowest BCUT2D eigenvalue weighted by molar-refractivity contribution is -0.136. The number of carbonyl (C=O) groups is 5. The maximum atomic E-state index is 13.8. The Balaban J connectivity index is 1.76. The fourth-order valence-corrected chi connectivity index (χ4v) is 5.98. The topological polar surface area (TPSA) is 152 Å². The van der Waals surface area contributed by atoms with Crippen LogP contribution in [0.5, 0.6) is 0 Å². The Bertz CT molecular complexity index is 1140. The van der Waals surface area contributed by atoms with Crippen LogP contribution in [0.2, 0.25) is 0 Å². The molecule has 1 saturated carbocycles. The standard InChI is InChI=1S/C32H48N4O7S/c1-20(43-32(2,3)4)26(36-31(41)42-19-22-13-9-6-10-14-22)29(39)34-24(17-21-11-7-5-8-12-21)28(38)35-25(30(40)44)18-23-15-16-33-27(23)37/h6,9-10,13-14,20-21,23-26H,5,7-8,11-12,15-19H2,1-4H3,(H,33,37)(H,34,39)(H,35,38)(H,36,41)(H,40,44)/t20-,23+,24+,25+,26+/m1/s1. The third-order valence-electron chi connectivity index (χ3n) is 8.00. The molecule has 244 valence electrons. The van der Waals surface area contributed by atoms with Crippen molar-refractivity contribution in [2.45, 2.75) is 115 Å². The average Bonchev–Trinajstić information content (AvgIpc) is 3.37. The molecule has 0 radical (unpaired) electrons. The fourth-order valence-electron chi connectivity index (χ4n) is 5.81. The van der Waals surface area contributed by atoms with Crippen molar-refractivity contribution in [1.29, 1.82) is 0 Å². The molecule has 44 heavy (non-hydrogen) atoms. The highest BCUT2D eigenvalue weighted by Crippen LogP contribution is 2.28. The van der Waals surface area contributed by atoms with Gasteiger partial charge in [0.2, 0.25) is 22.8 Å². The highest BCUT2D eigenvalue weighted by molar-refractivity contribution is 7.96. The molecule has 0 spiro atoms. The second kappa shape index (κ2) is 16.8. The van der Waals surface area contributed by atoms with E-state index >= 15 is 0 Å². The molecular weight excluding hydrogens is 584 g/mol. The molecular formula is C32H48N4O7S. The summed E-state index contributed by atoms with van der Waals surface area (Å²) in [6.07, 6.45) is 4.53. The predicted molar refractivity (Wildman–Crippen MR) is 169 cm³/mol. The molecule has 0 bridgehead atoms. The number of thiol groups is 1. The van der Waals surface area contributed by atoms with Gasteiger partial charge in [-0.3, -0.25) is 19.2 Å². The number of ether oxygens (including phenoxy) is 2. The zero-order valence-electron chi connectivity index (χ0n) is 26.2. The van der Waals surface area contributed by atoms with E-state index in [0.717, 1.165) is 37.7 Å². The number of benzene rings is 1. The van der Waals surface area contributed by atoms with Gasteiger partial charge in [0.1, 0.15) is 18.7 Å². The zero-order valence-corrected chi connectivity index (χ0v) is 27.1. The van der Waals surface area contributed by atoms with Crippen LogP contribution < -0.4 is 21.3 Å². The largest absolute Gasteiger partial charge is 0.445 e. The van der Waals surface area contributed by atoms with Crippen LogP contribution >= 0.6 is 12.6 Å². The van der Waals surface area contributed by atoms with Crippen LogP contribution in [-0.4, -0.2) is 65.3 Å². The van der Waals surface area contributed by atoms with Crippen LogP contribution in [0.4, 0.5) is 4.79 Å². The van der Waals surface area contributed by atoms with Crippen molar-refractivity contribution in [3.63, 3.8) is 0 Å². The first-order valence-electron chi connectivity index (χ1n) is 15.6. The van der Waals surface area contributed by atoms with Gasteiger partial charge in [0.05, 0.1) is 17.7 Å². The van der Waals surface area contributed by atoms with E-state index in [0.29, 0.717) is 19.4 Å². The number of amides is 4. The summed E-state index contributed by atoms with van der Waals surface area (Å²) in [6.45, 7) is 7.72. The van der Waals surface area contributed by atoms with Crippen molar-refractivity contribution in [3.05, 3.63) is 35.9 Å². The van der Waals surface area contributed by atoms with E-state index in [1.165, 1.54) is 0 Å². The van der Waals surface area contributed by atoms with Gasteiger partial charge in [0, 0.05) is 12.5 Å². The van der Waals surface area contributed by atoms with E-state index in [9.17, 15) is 24.0 Å². The van der Waals surface area contributed by atoms with Gasteiger partial charge in [-0.05, 0) is 58.4 Å². The van der Waals surface area contributed by atoms with Crippen molar-refractivity contribution < 1.29 is 33.4 Å². The van der Waals surface area contributed by atoms with E-state index < -0.39 is 58.8 Å². The molecule has 5 atom stereocenters. The number of hydrogen-bond acceptors (Lipinski definition) is 7. The van der Waals surface area contributed by atoms with Crippen molar-refractivity contribution >= 4 is 41.6 Å². The maximum Gasteiger partial charge on any atom is 0.408 e.